The lowest BCUT2D eigenvalue weighted by atomic mass is 10.2. The standard InChI is InChI=1S/C8H10ClNOS/c1-5-3-4-6(9)8(7(5)11)12-10-2/h3-4,10-11H,1-2H3. The number of phenolic OH excluding ortho intramolecular Hbond substituents is 1. The van der Waals surface area contributed by atoms with Gasteiger partial charge in [0, 0.05) is 0 Å². The minimum atomic E-state index is 0.252. The molecule has 0 aromatic heterocycles. The molecule has 0 saturated heterocycles. The molecule has 1 aromatic carbocycles. The molecule has 1 rings (SSSR count). The molecule has 0 atom stereocenters. The van der Waals surface area contributed by atoms with Crippen LogP contribution in [0.3, 0.4) is 0 Å². The van der Waals surface area contributed by atoms with Crippen LogP contribution >= 0.6 is 23.5 Å². The van der Waals surface area contributed by atoms with Gasteiger partial charge >= 0.3 is 0 Å². The zero-order valence-corrected chi connectivity index (χ0v) is 8.46. The van der Waals surface area contributed by atoms with Crippen LogP contribution in [-0.2, 0) is 0 Å². The third-order valence-corrected chi connectivity index (χ3v) is 2.74. The summed E-state index contributed by atoms with van der Waals surface area (Å²) in [4.78, 5) is 0.680. The minimum absolute atomic E-state index is 0.252. The number of rotatable bonds is 2. The first kappa shape index (κ1) is 9.71. The Kier molecular flexibility index (Phi) is 3.26. The predicted octanol–water partition coefficient (Wildman–Crippen LogP) is 2.58. The zero-order chi connectivity index (χ0) is 9.14. The van der Waals surface area contributed by atoms with Crippen molar-refractivity contribution in [1.82, 2.24) is 4.72 Å². The summed E-state index contributed by atoms with van der Waals surface area (Å²) in [5, 5.41) is 10.1. The van der Waals surface area contributed by atoms with Gasteiger partial charge in [-0.1, -0.05) is 17.7 Å². The van der Waals surface area contributed by atoms with Gasteiger partial charge in [0.2, 0.25) is 0 Å². The number of aromatic hydroxyl groups is 1. The Morgan fingerprint density at radius 2 is 2.17 bits per heavy atom. The Morgan fingerprint density at radius 3 is 2.75 bits per heavy atom. The molecule has 66 valence electrons. The number of hydrogen-bond acceptors (Lipinski definition) is 3. The quantitative estimate of drug-likeness (QED) is 0.725. The van der Waals surface area contributed by atoms with Gasteiger partial charge in [0.1, 0.15) is 5.75 Å². The van der Waals surface area contributed by atoms with Crippen LogP contribution < -0.4 is 4.72 Å². The number of hydrogen-bond donors (Lipinski definition) is 2. The van der Waals surface area contributed by atoms with Gasteiger partial charge in [-0.25, -0.2) is 0 Å². The molecule has 2 nitrogen and oxygen atoms in total. The van der Waals surface area contributed by atoms with Crippen LogP contribution in [0.15, 0.2) is 17.0 Å². The van der Waals surface area contributed by atoms with E-state index in [-0.39, 0.29) is 5.75 Å². The van der Waals surface area contributed by atoms with Crippen molar-refractivity contribution in [2.45, 2.75) is 11.8 Å². The average Bonchev–Trinajstić information content (AvgIpc) is 2.06. The lowest BCUT2D eigenvalue weighted by Crippen LogP contribution is -1.92. The van der Waals surface area contributed by atoms with Gasteiger partial charge in [0.25, 0.3) is 0 Å². The normalized spacial score (nSPS) is 10.2. The summed E-state index contributed by atoms with van der Waals surface area (Å²) >= 11 is 7.17. The van der Waals surface area contributed by atoms with Crippen molar-refractivity contribution in [1.29, 1.82) is 0 Å². The molecule has 4 heteroatoms. The van der Waals surface area contributed by atoms with E-state index in [1.165, 1.54) is 11.9 Å². The highest BCUT2D eigenvalue weighted by Gasteiger charge is 2.08. The second kappa shape index (κ2) is 4.03. The maximum Gasteiger partial charge on any atom is 0.134 e. The minimum Gasteiger partial charge on any atom is -0.506 e. The summed E-state index contributed by atoms with van der Waals surface area (Å²) < 4.78 is 2.87. The second-order valence-electron chi connectivity index (χ2n) is 2.35. The SMILES string of the molecule is CNSc1c(Cl)ccc(C)c1O. The Balaban J connectivity index is 3.14. The Morgan fingerprint density at radius 1 is 1.50 bits per heavy atom. The van der Waals surface area contributed by atoms with Crippen LogP contribution in [0.4, 0.5) is 0 Å². The van der Waals surface area contributed by atoms with Crippen LogP contribution in [0, 0.1) is 6.92 Å². The van der Waals surface area contributed by atoms with E-state index in [4.69, 9.17) is 11.6 Å². The number of benzene rings is 1. The van der Waals surface area contributed by atoms with Gasteiger partial charge in [-0.2, -0.15) is 0 Å². The molecule has 0 aliphatic rings. The van der Waals surface area contributed by atoms with E-state index < -0.39 is 0 Å². The monoisotopic (exact) mass is 203 g/mol. The lowest BCUT2D eigenvalue weighted by Gasteiger charge is -2.07. The van der Waals surface area contributed by atoms with Crippen molar-refractivity contribution in [2.24, 2.45) is 0 Å². The first-order valence-electron chi connectivity index (χ1n) is 3.48. The number of aryl methyl sites for hydroxylation is 1. The van der Waals surface area contributed by atoms with E-state index in [0.29, 0.717) is 9.92 Å². The molecule has 0 unspecified atom stereocenters. The van der Waals surface area contributed by atoms with Gasteiger partial charge < -0.3 is 5.11 Å². The van der Waals surface area contributed by atoms with Gasteiger partial charge in [0.05, 0.1) is 9.92 Å². The fraction of sp³-hybridized carbons (Fsp3) is 0.250. The highest BCUT2D eigenvalue weighted by atomic mass is 35.5. The molecule has 0 radical (unpaired) electrons. The summed E-state index contributed by atoms with van der Waals surface area (Å²) in [6, 6.07) is 3.56. The summed E-state index contributed by atoms with van der Waals surface area (Å²) in [6.45, 7) is 1.84. The summed E-state index contributed by atoms with van der Waals surface area (Å²) in [6.07, 6.45) is 0. The van der Waals surface area contributed by atoms with E-state index in [1.54, 1.807) is 19.2 Å². The van der Waals surface area contributed by atoms with E-state index in [9.17, 15) is 5.11 Å². The smallest absolute Gasteiger partial charge is 0.134 e. The summed E-state index contributed by atoms with van der Waals surface area (Å²) in [5.74, 6) is 0.252. The lowest BCUT2D eigenvalue weighted by molar-refractivity contribution is 0.458. The third-order valence-electron chi connectivity index (χ3n) is 1.49. The number of nitrogens with one attached hydrogen (secondary N) is 1. The van der Waals surface area contributed by atoms with Crippen molar-refractivity contribution < 1.29 is 5.11 Å². The van der Waals surface area contributed by atoms with Crippen molar-refractivity contribution in [3.8, 4) is 5.75 Å². The largest absolute Gasteiger partial charge is 0.506 e. The molecule has 0 aliphatic heterocycles. The fourth-order valence-electron chi connectivity index (χ4n) is 0.844. The number of phenols is 1. The highest BCUT2D eigenvalue weighted by Crippen LogP contribution is 2.35. The Bertz CT molecular complexity index is 291. The molecule has 0 fully saturated rings. The Labute approximate surface area is 81.1 Å². The van der Waals surface area contributed by atoms with Gasteiger partial charge in [-0.3, -0.25) is 4.72 Å². The first-order chi connectivity index (χ1) is 5.66. The molecule has 1 aromatic rings. The molecule has 12 heavy (non-hydrogen) atoms. The first-order valence-corrected chi connectivity index (χ1v) is 4.68. The topological polar surface area (TPSA) is 32.3 Å². The molecule has 0 bridgehead atoms. The van der Waals surface area contributed by atoms with Crippen LogP contribution in [0.25, 0.3) is 0 Å². The van der Waals surface area contributed by atoms with E-state index in [1.807, 2.05) is 6.92 Å². The molecule has 0 spiro atoms. The van der Waals surface area contributed by atoms with E-state index >= 15 is 0 Å². The van der Waals surface area contributed by atoms with Crippen LogP contribution in [0.5, 0.6) is 5.75 Å². The highest BCUT2D eigenvalue weighted by molar-refractivity contribution is 7.97. The van der Waals surface area contributed by atoms with Crippen molar-refractivity contribution in [2.75, 3.05) is 7.05 Å². The van der Waals surface area contributed by atoms with Crippen LogP contribution in [-0.4, -0.2) is 12.2 Å². The molecule has 0 saturated carbocycles. The van der Waals surface area contributed by atoms with Crippen LogP contribution in [0.1, 0.15) is 5.56 Å². The van der Waals surface area contributed by atoms with Gasteiger partial charge in [0.15, 0.2) is 0 Å². The van der Waals surface area contributed by atoms with Crippen molar-refractivity contribution >= 4 is 23.5 Å². The van der Waals surface area contributed by atoms with E-state index in [2.05, 4.69) is 4.72 Å². The predicted molar refractivity (Wildman–Crippen MR) is 52.8 cm³/mol. The second-order valence-corrected chi connectivity index (χ2v) is 3.78. The molecular weight excluding hydrogens is 194 g/mol. The maximum absolute atomic E-state index is 9.56. The van der Waals surface area contributed by atoms with Crippen LogP contribution in [0.2, 0.25) is 5.02 Å². The fourth-order valence-corrected chi connectivity index (χ4v) is 1.74. The zero-order valence-electron chi connectivity index (χ0n) is 6.89. The maximum atomic E-state index is 9.56. The van der Waals surface area contributed by atoms with E-state index in [0.717, 1.165) is 5.56 Å². The average molecular weight is 204 g/mol. The summed E-state index contributed by atoms with van der Waals surface area (Å²) in [7, 11) is 1.78. The molecule has 0 amide bonds. The summed E-state index contributed by atoms with van der Waals surface area (Å²) in [5.41, 5.74) is 0.831. The van der Waals surface area contributed by atoms with Crippen molar-refractivity contribution in [3.05, 3.63) is 22.7 Å². The van der Waals surface area contributed by atoms with Crippen molar-refractivity contribution in [3.63, 3.8) is 0 Å². The molecular formula is C8H10ClNOS. The van der Waals surface area contributed by atoms with Gasteiger partial charge in [-0.05, 0) is 37.5 Å². The number of halogens is 1. The van der Waals surface area contributed by atoms with Gasteiger partial charge in [-0.15, -0.1) is 0 Å². The molecule has 0 aliphatic carbocycles. The molecule has 0 heterocycles. The Hall–Kier alpha value is -0.380. The third kappa shape index (κ3) is 1.86. The molecule has 2 N–H and O–H groups in total.